The van der Waals surface area contributed by atoms with Gasteiger partial charge in [0.15, 0.2) is 0 Å². The van der Waals surface area contributed by atoms with Gasteiger partial charge in [-0.25, -0.2) is 13.6 Å². The van der Waals surface area contributed by atoms with Gasteiger partial charge in [-0.2, -0.15) is 4.37 Å². The van der Waals surface area contributed by atoms with E-state index in [9.17, 15) is 18.4 Å². The molecular weight excluding hydrogens is 478 g/mol. The molecule has 0 bridgehead atoms. The van der Waals surface area contributed by atoms with Crippen molar-refractivity contribution >= 4 is 28.5 Å². The molecule has 0 radical (unpaired) electrons. The molecular formula is C23H32F2N6O3S. The summed E-state index contributed by atoms with van der Waals surface area (Å²) in [6.07, 6.45) is 0.823. The summed E-state index contributed by atoms with van der Waals surface area (Å²) in [5.74, 6) is -2.20. The number of rotatable bonds is 10. The molecule has 1 saturated heterocycles. The highest BCUT2D eigenvalue weighted by molar-refractivity contribution is 7.11. The van der Waals surface area contributed by atoms with Crippen molar-refractivity contribution in [3.8, 4) is 5.88 Å². The number of hydrogen-bond donors (Lipinski definition) is 2. The van der Waals surface area contributed by atoms with Crippen molar-refractivity contribution in [3.05, 3.63) is 40.5 Å². The Morgan fingerprint density at radius 2 is 1.94 bits per heavy atom. The van der Waals surface area contributed by atoms with Gasteiger partial charge in [0.1, 0.15) is 28.8 Å². The molecule has 35 heavy (non-hydrogen) atoms. The van der Waals surface area contributed by atoms with E-state index in [0.29, 0.717) is 13.1 Å². The Hall–Kier alpha value is -2.83. The molecule has 1 aliphatic rings. The van der Waals surface area contributed by atoms with Crippen LogP contribution < -0.4 is 15.8 Å². The molecule has 3 amide bonds. The number of nitrogens with one attached hydrogen (secondary N) is 1. The monoisotopic (exact) mass is 510 g/mol. The van der Waals surface area contributed by atoms with Crippen LogP contribution >= 0.6 is 11.5 Å². The standard InChI is InChI=1S/C23H32F2N6O3S/c1-4-31(7-5-6-30-10-8-29(3)9-11-30)23(33)27-22-19(20(26)32)21(28-35-22)34-14-16-13-17(24)15(2)12-18(16)25/h12-13H,4-11,14H2,1-3H3,(H2,26,32)(H,27,33). The quantitative estimate of drug-likeness (QED) is 0.510. The second kappa shape index (κ2) is 12.2. The third-order valence-electron chi connectivity index (χ3n) is 5.99. The van der Waals surface area contributed by atoms with E-state index in [2.05, 4.69) is 26.5 Å². The predicted octanol–water partition coefficient (Wildman–Crippen LogP) is 2.90. The van der Waals surface area contributed by atoms with Gasteiger partial charge in [0.2, 0.25) is 5.88 Å². The van der Waals surface area contributed by atoms with E-state index < -0.39 is 17.5 Å². The number of aryl methyl sites for hydroxylation is 1. The number of anilines is 1. The first kappa shape index (κ1) is 26.8. The minimum absolute atomic E-state index is 0.0281. The molecule has 1 aromatic carbocycles. The zero-order valence-electron chi connectivity index (χ0n) is 20.3. The summed E-state index contributed by atoms with van der Waals surface area (Å²) in [6, 6.07) is 1.72. The maximum Gasteiger partial charge on any atom is 0.322 e. The summed E-state index contributed by atoms with van der Waals surface area (Å²) in [4.78, 5) is 31.2. The number of nitrogens with zero attached hydrogens (tertiary/aromatic N) is 4. The van der Waals surface area contributed by atoms with Crippen molar-refractivity contribution in [1.29, 1.82) is 0 Å². The number of aromatic nitrogens is 1. The van der Waals surface area contributed by atoms with Crippen LogP contribution in [-0.2, 0) is 6.61 Å². The minimum Gasteiger partial charge on any atom is -0.471 e. The van der Waals surface area contributed by atoms with Gasteiger partial charge < -0.3 is 25.2 Å². The topological polar surface area (TPSA) is 104 Å². The van der Waals surface area contributed by atoms with Crippen LogP contribution in [-0.4, -0.2) is 83.9 Å². The van der Waals surface area contributed by atoms with Crippen molar-refractivity contribution in [1.82, 2.24) is 19.1 Å². The summed E-state index contributed by atoms with van der Waals surface area (Å²) >= 11 is 0.837. The average molecular weight is 511 g/mol. The Labute approximate surface area is 208 Å². The van der Waals surface area contributed by atoms with Crippen molar-refractivity contribution in [2.24, 2.45) is 5.73 Å². The van der Waals surface area contributed by atoms with Crippen LogP contribution in [0.1, 0.15) is 34.8 Å². The molecule has 0 saturated carbocycles. The smallest absolute Gasteiger partial charge is 0.322 e. The number of piperazine rings is 1. The third-order valence-corrected chi connectivity index (χ3v) is 6.73. The van der Waals surface area contributed by atoms with Gasteiger partial charge in [0, 0.05) is 44.8 Å². The highest BCUT2D eigenvalue weighted by Crippen LogP contribution is 2.31. The molecule has 2 heterocycles. The number of primary amides is 1. The highest BCUT2D eigenvalue weighted by Gasteiger charge is 2.24. The zero-order chi connectivity index (χ0) is 25.5. The minimum atomic E-state index is -0.849. The summed E-state index contributed by atoms with van der Waals surface area (Å²) in [5, 5.41) is 2.84. The normalized spacial score (nSPS) is 14.7. The van der Waals surface area contributed by atoms with Crippen molar-refractivity contribution in [3.63, 3.8) is 0 Å². The van der Waals surface area contributed by atoms with E-state index in [1.807, 2.05) is 6.92 Å². The number of halogens is 2. The molecule has 9 nitrogen and oxygen atoms in total. The lowest BCUT2D eigenvalue weighted by Gasteiger charge is -2.32. The highest BCUT2D eigenvalue weighted by atomic mass is 32.1. The Bertz CT molecular complexity index is 1040. The van der Waals surface area contributed by atoms with Crippen LogP contribution in [0.4, 0.5) is 18.6 Å². The lowest BCUT2D eigenvalue weighted by molar-refractivity contribution is 0.0996. The molecule has 2 aromatic rings. The molecule has 0 spiro atoms. The van der Waals surface area contributed by atoms with Gasteiger partial charge in [0.05, 0.1) is 0 Å². The molecule has 0 unspecified atom stereocenters. The van der Waals surface area contributed by atoms with Crippen molar-refractivity contribution in [2.45, 2.75) is 26.9 Å². The average Bonchev–Trinajstić information content (AvgIpc) is 3.22. The zero-order valence-corrected chi connectivity index (χ0v) is 21.1. The summed E-state index contributed by atoms with van der Waals surface area (Å²) < 4.78 is 37.4. The van der Waals surface area contributed by atoms with Gasteiger partial charge in [-0.15, -0.1) is 0 Å². The number of carbonyl (C=O) groups excluding carboxylic acids is 2. The number of ether oxygens (including phenoxy) is 1. The van der Waals surface area contributed by atoms with Crippen LogP contribution in [0, 0.1) is 18.6 Å². The summed E-state index contributed by atoms with van der Waals surface area (Å²) in [5.41, 5.74) is 5.54. The van der Waals surface area contributed by atoms with Gasteiger partial charge in [-0.1, -0.05) is 0 Å². The Morgan fingerprint density at radius 3 is 2.60 bits per heavy atom. The van der Waals surface area contributed by atoms with E-state index in [1.54, 1.807) is 4.90 Å². The van der Waals surface area contributed by atoms with E-state index in [0.717, 1.165) is 62.8 Å². The van der Waals surface area contributed by atoms with Crippen molar-refractivity contribution < 1.29 is 23.1 Å². The molecule has 1 aromatic heterocycles. The van der Waals surface area contributed by atoms with Gasteiger partial charge in [0.25, 0.3) is 5.91 Å². The predicted molar refractivity (Wildman–Crippen MR) is 131 cm³/mol. The fourth-order valence-electron chi connectivity index (χ4n) is 3.76. The molecule has 12 heteroatoms. The lowest BCUT2D eigenvalue weighted by atomic mass is 10.1. The number of benzene rings is 1. The molecule has 3 rings (SSSR count). The molecule has 0 aliphatic carbocycles. The number of hydrogen-bond acceptors (Lipinski definition) is 7. The number of urea groups is 1. The Kier molecular flexibility index (Phi) is 9.35. The third kappa shape index (κ3) is 7.09. The molecule has 0 atom stereocenters. The number of amides is 3. The Morgan fingerprint density at radius 1 is 1.23 bits per heavy atom. The first-order valence-corrected chi connectivity index (χ1v) is 12.3. The van der Waals surface area contributed by atoms with Gasteiger partial charge >= 0.3 is 6.03 Å². The fourth-order valence-corrected chi connectivity index (χ4v) is 4.49. The largest absolute Gasteiger partial charge is 0.471 e. The second-order valence-electron chi connectivity index (χ2n) is 8.55. The van der Waals surface area contributed by atoms with E-state index in [4.69, 9.17) is 10.5 Å². The van der Waals surface area contributed by atoms with Crippen molar-refractivity contribution in [2.75, 3.05) is 58.2 Å². The van der Waals surface area contributed by atoms with Gasteiger partial charge in [-0.05, 0) is 63.1 Å². The van der Waals surface area contributed by atoms with Crippen LogP contribution in [0.25, 0.3) is 0 Å². The lowest BCUT2D eigenvalue weighted by Crippen LogP contribution is -2.45. The van der Waals surface area contributed by atoms with E-state index in [1.165, 1.54) is 6.92 Å². The number of likely N-dealkylation sites (N-methyl/N-ethyl adjacent to an activating group) is 1. The van der Waals surface area contributed by atoms with Gasteiger partial charge in [-0.3, -0.25) is 10.1 Å². The SMILES string of the molecule is CCN(CCCN1CCN(C)CC1)C(=O)Nc1snc(OCc2cc(F)c(C)cc2F)c1C(N)=O. The summed E-state index contributed by atoms with van der Waals surface area (Å²) in [6.45, 7) is 9.02. The maximum atomic E-state index is 14.1. The molecule has 1 aliphatic heterocycles. The van der Waals surface area contributed by atoms with Crippen LogP contribution in [0.5, 0.6) is 5.88 Å². The maximum absolute atomic E-state index is 14.1. The van der Waals surface area contributed by atoms with E-state index in [-0.39, 0.29) is 40.2 Å². The summed E-state index contributed by atoms with van der Waals surface area (Å²) in [7, 11) is 2.11. The number of nitrogens with two attached hydrogens (primary N) is 1. The molecule has 3 N–H and O–H groups in total. The Balaban J connectivity index is 1.60. The first-order valence-electron chi connectivity index (χ1n) is 11.5. The van der Waals surface area contributed by atoms with E-state index >= 15 is 0 Å². The first-order chi connectivity index (χ1) is 16.7. The number of carbonyl (C=O) groups is 2. The van der Waals surface area contributed by atoms with Crippen LogP contribution in [0.3, 0.4) is 0 Å². The fraction of sp³-hybridized carbons (Fsp3) is 0.522. The molecule has 192 valence electrons. The second-order valence-corrected chi connectivity index (χ2v) is 9.32. The van der Waals surface area contributed by atoms with Crippen LogP contribution in [0.15, 0.2) is 12.1 Å². The molecule has 1 fully saturated rings. The van der Waals surface area contributed by atoms with Crippen LogP contribution in [0.2, 0.25) is 0 Å².